The zero-order valence-corrected chi connectivity index (χ0v) is 8.50. The molecule has 1 aromatic rings. The molecule has 0 aliphatic heterocycles. The Morgan fingerprint density at radius 1 is 1.23 bits per heavy atom. The van der Waals surface area contributed by atoms with Gasteiger partial charge >= 0.3 is 0 Å². The quantitative estimate of drug-likeness (QED) is 0.629. The van der Waals surface area contributed by atoms with Crippen LogP contribution >= 0.6 is 0 Å². The largest absolute Gasteiger partial charge is 0.494 e. The van der Waals surface area contributed by atoms with Gasteiger partial charge in [0.25, 0.3) is 0 Å². The SMILES string of the molecule is C#C.CCOc1ccc(C)cc1C. The molecule has 0 aliphatic rings. The van der Waals surface area contributed by atoms with E-state index in [1.165, 1.54) is 11.1 Å². The first-order valence-electron chi connectivity index (χ1n) is 4.27. The first-order chi connectivity index (χ1) is 6.24. The number of terminal acetylenes is 1. The second kappa shape index (κ2) is 6.14. The molecule has 1 nitrogen and oxygen atoms in total. The monoisotopic (exact) mass is 176 g/mol. The lowest BCUT2D eigenvalue weighted by atomic mass is 10.1. The number of ether oxygens (including phenoxy) is 1. The van der Waals surface area contributed by atoms with Crippen molar-refractivity contribution in [2.75, 3.05) is 6.61 Å². The number of rotatable bonds is 2. The topological polar surface area (TPSA) is 9.23 Å². The Bertz CT molecular complexity index is 274. The van der Waals surface area contributed by atoms with Crippen molar-refractivity contribution >= 4 is 0 Å². The Morgan fingerprint density at radius 2 is 1.85 bits per heavy atom. The Balaban J connectivity index is 0.000000671. The molecule has 0 unspecified atom stereocenters. The highest BCUT2D eigenvalue weighted by Gasteiger charge is 1.96. The highest BCUT2D eigenvalue weighted by molar-refractivity contribution is 5.35. The van der Waals surface area contributed by atoms with Gasteiger partial charge in [0.15, 0.2) is 0 Å². The van der Waals surface area contributed by atoms with Gasteiger partial charge in [0, 0.05) is 0 Å². The van der Waals surface area contributed by atoms with Crippen molar-refractivity contribution in [1.29, 1.82) is 0 Å². The number of aryl methyl sites for hydroxylation is 2. The van der Waals surface area contributed by atoms with Crippen LogP contribution in [0.5, 0.6) is 5.75 Å². The van der Waals surface area contributed by atoms with Crippen LogP contribution in [-0.2, 0) is 0 Å². The molecule has 70 valence electrons. The summed E-state index contributed by atoms with van der Waals surface area (Å²) in [6, 6.07) is 6.22. The van der Waals surface area contributed by atoms with Crippen LogP contribution in [0.15, 0.2) is 18.2 Å². The van der Waals surface area contributed by atoms with E-state index in [0.29, 0.717) is 0 Å². The van der Waals surface area contributed by atoms with E-state index in [-0.39, 0.29) is 0 Å². The molecular weight excluding hydrogens is 160 g/mol. The summed E-state index contributed by atoms with van der Waals surface area (Å²) in [5.41, 5.74) is 2.50. The van der Waals surface area contributed by atoms with E-state index in [4.69, 9.17) is 4.74 Å². The molecule has 1 aromatic carbocycles. The average molecular weight is 176 g/mol. The fourth-order valence-electron chi connectivity index (χ4n) is 1.12. The third-order valence-corrected chi connectivity index (χ3v) is 1.63. The molecule has 1 heteroatoms. The Morgan fingerprint density at radius 3 is 2.31 bits per heavy atom. The standard InChI is InChI=1S/C10H14O.C2H2/c1-4-11-10-6-5-8(2)7-9(10)3;1-2/h5-7H,4H2,1-3H3;1-2H. The van der Waals surface area contributed by atoms with E-state index < -0.39 is 0 Å². The van der Waals surface area contributed by atoms with Gasteiger partial charge in [-0.2, -0.15) is 0 Å². The second-order valence-electron chi connectivity index (χ2n) is 2.70. The molecule has 0 heterocycles. The molecular formula is C12H16O. The summed E-state index contributed by atoms with van der Waals surface area (Å²) in [6.45, 7) is 6.89. The first kappa shape index (κ1) is 11.6. The molecule has 0 bridgehead atoms. The van der Waals surface area contributed by atoms with Gasteiger partial charge in [-0.05, 0) is 32.4 Å². The molecule has 0 fully saturated rings. The lowest BCUT2D eigenvalue weighted by Gasteiger charge is -2.06. The lowest BCUT2D eigenvalue weighted by Crippen LogP contribution is -1.93. The molecule has 0 saturated carbocycles. The van der Waals surface area contributed by atoms with Crippen LogP contribution in [0.25, 0.3) is 0 Å². The van der Waals surface area contributed by atoms with Gasteiger partial charge in [-0.3, -0.25) is 0 Å². The second-order valence-corrected chi connectivity index (χ2v) is 2.70. The zero-order valence-electron chi connectivity index (χ0n) is 8.50. The fraction of sp³-hybridized carbons (Fsp3) is 0.333. The predicted octanol–water partition coefficient (Wildman–Crippen LogP) is 2.95. The first-order valence-corrected chi connectivity index (χ1v) is 4.27. The zero-order chi connectivity index (χ0) is 10.3. The van der Waals surface area contributed by atoms with Crippen molar-refractivity contribution in [3.63, 3.8) is 0 Å². The number of hydrogen-bond donors (Lipinski definition) is 0. The molecule has 0 atom stereocenters. The molecule has 0 saturated heterocycles. The van der Waals surface area contributed by atoms with Crippen LogP contribution < -0.4 is 4.74 Å². The maximum absolute atomic E-state index is 5.39. The minimum absolute atomic E-state index is 0.740. The Kier molecular flexibility index (Phi) is 5.47. The summed E-state index contributed by atoms with van der Waals surface area (Å²) in [5.74, 6) is 0.998. The highest BCUT2D eigenvalue weighted by atomic mass is 16.5. The van der Waals surface area contributed by atoms with Gasteiger partial charge in [-0.15, -0.1) is 12.8 Å². The van der Waals surface area contributed by atoms with Gasteiger partial charge in [-0.25, -0.2) is 0 Å². The van der Waals surface area contributed by atoms with Crippen LogP contribution in [0.3, 0.4) is 0 Å². The van der Waals surface area contributed by atoms with Crippen LogP contribution in [-0.4, -0.2) is 6.61 Å². The number of benzene rings is 1. The smallest absolute Gasteiger partial charge is 0.122 e. The normalized spacial score (nSPS) is 8.38. The summed E-state index contributed by atoms with van der Waals surface area (Å²) in [4.78, 5) is 0. The van der Waals surface area contributed by atoms with Crippen molar-refractivity contribution in [2.24, 2.45) is 0 Å². The molecule has 13 heavy (non-hydrogen) atoms. The van der Waals surface area contributed by atoms with E-state index in [0.717, 1.165) is 12.4 Å². The van der Waals surface area contributed by atoms with Gasteiger partial charge in [-0.1, -0.05) is 17.7 Å². The predicted molar refractivity (Wildman–Crippen MR) is 57.0 cm³/mol. The van der Waals surface area contributed by atoms with Crippen molar-refractivity contribution in [1.82, 2.24) is 0 Å². The van der Waals surface area contributed by atoms with Gasteiger partial charge in [0.1, 0.15) is 5.75 Å². The molecule has 0 N–H and O–H groups in total. The fourth-order valence-corrected chi connectivity index (χ4v) is 1.12. The third-order valence-electron chi connectivity index (χ3n) is 1.63. The maximum atomic E-state index is 5.39. The average Bonchev–Trinajstić information content (AvgIpc) is 2.14. The van der Waals surface area contributed by atoms with Crippen molar-refractivity contribution in [3.8, 4) is 18.6 Å². The maximum Gasteiger partial charge on any atom is 0.122 e. The molecule has 0 spiro atoms. The minimum Gasteiger partial charge on any atom is -0.494 e. The Labute approximate surface area is 80.7 Å². The lowest BCUT2D eigenvalue weighted by molar-refractivity contribution is 0.338. The summed E-state index contributed by atoms with van der Waals surface area (Å²) >= 11 is 0. The van der Waals surface area contributed by atoms with Crippen LogP contribution in [0.4, 0.5) is 0 Å². The number of hydrogen-bond acceptors (Lipinski definition) is 1. The van der Waals surface area contributed by atoms with Crippen molar-refractivity contribution in [2.45, 2.75) is 20.8 Å². The van der Waals surface area contributed by atoms with Crippen molar-refractivity contribution in [3.05, 3.63) is 29.3 Å². The van der Waals surface area contributed by atoms with E-state index in [1.54, 1.807) is 0 Å². The van der Waals surface area contributed by atoms with Gasteiger partial charge in [0.05, 0.1) is 6.61 Å². The van der Waals surface area contributed by atoms with E-state index in [9.17, 15) is 0 Å². The van der Waals surface area contributed by atoms with Gasteiger partial charge < -0.3 is 4.74 Å². The summed E-state index contributed by atoms with van der Waals surface area (Å²) in [7, 11) is 0. The van der Waals surface area contributed by atoms with Crippen LogP contribution in [0, 0.1) is 26.7 Å². The van der Waals surface area contributed by atoms with Crippen LogP contribution in [0.1, 0.15) is 18.1 Å². The molecule has 0 radical (unpaired) electrons. The summed E-state index contributed by atoms with van der Waals surface area (Å²) in [6.07, 6.45) is 8.00. The molecule has 1 rings (SSSR count). The minimum atomic E-state index is 0.740. The summed E-state index contributed by atoms with van der Waals surface area (Å²) in [5, 5.41) is 0. The summed E-state index contributed by atoms with van der Waals surface area (Å²) < 4.78 is 5.39. The van der Waals surface area contributed by atoms with Crippen molar-refractivity contribution < 1.29 is 4.74 Å². The van der Waals surface area contributed by atoms with E-state index in [1.807, 2.05) is 13.0 Å². The van der Waals surface area contributed by atoms with E-state index in [2.05, 4.69) is 38.8 Å². The molecule has 0 aromatic heterocycles. The van der Waals surface area contributed by atoms with E-state index >= 15 is 0 Å². The van der Waals surface area contributed by atoms with Crippen LogP contribution in [0.2, 0.25) is 0 Å². The van der Waals surface area contributed by atoms with Gasteiger partial charge in [0.2, 0.25) is 0 Å². The molecule has 0 aliphatic carbocycles. The molecule has 0 amide bonds. The highest BCUT2D eigenvalue weighted by Crippen LogP contribution is 2.18. The Hall–Kier alpha value is -1.42. The third kappa shape index (κ3) is 3.66.